The number of nitrogens with one attached hydrogen (secondary N) is 1. The lowest BCUT2D eigenvalue weighted by Gasteiger charge is -2.26. The summed E-state index contributed by atoms with van der Waals surface area (Å²) in [7, 11) is 5.33. The van der Waals surface area contributed by atoms with Crippen LogP contribution in [0.2, 0.25) is 0 Å². The van der Waals surface area contributed by atoms with Crippen LogP contribution in [-0.4, -0.2) is 54.2 Å². The molecule has 0 aliphatic carbocycles. The molecule has 7 heteroatoms. The lowest BCUT2D eigenvalue weighted by molar-refractivity contribution is 0.378. The first-order valence-corrected chi connectivity index (χ1v) is 7.25. The van der Waals surface area contributed by atoms with Crippen LogP contribution in [0, 0.1) is 0 Å². The highest BCUT2D eigenvalue weighted by Crippen LogP contribution is 2.18. The molecular formula is C11H21N5OS. The van der Waals surface area contributed by atoms with E-state index in [1.807, 2.05) is 18.8 Å². The van der Waals surface area contributed by atoms with Gasteiger partial charge in [-0.05, 0) is 12.7 Å². The van der Waals surface area contributed by atoms with E-state index in [2.05, 4.69) is 38.3 Å². The minimum atomic E-state index is 0.329. The van der Waals surface area contributed by atoms with Crippen molar-refractivity contribution >= 4 is 23.7 Å². The van der Waals surface area contributed by atoms with Gasteiger partial charge in [-0.1, -0.05) is 6.92 Å². The van der Waals surface area contributed by atoms with Crippen molar-refractivity contribution in [2.45, 2.75) is 19.4 Å². The Kier molecular flexibility index (Phi) is 5.97. The third kappa shape index (κ3) is 3.63. The Hall–Kier alpha value is -1.24. The van der Waals surface area contributed by atoms with Crippen LogP contribution >= 0.6 is 11.8 Å². The topological polar surface area (TPSA) is 63.2 Å². The molecular weight excluding hydrogens is 250 g/mol. The molecule has 1 aromatic heterocycles. The molecule has 1 unspecified atom stereocenters. The summed E-state index contributed by atoms with van der Waals surface area (Å²) in [6.07, 6.45) is 3.14. The van der Waals surface area contributed by atoms with Crippen LogP contribution in [0.3, 0.4) is 0 Å². The fourth-order valence-corrected chi connectivity index (χ4v) is 2.41. The van der Waals surface area contributed by atoms with Crippen LogP contribution < -0.4 is 15.0 Å². The van der Waals surface area contributed by atoms with Gasteiger partial charge in [0.25, 0.3) is 0 Å². The van der Waals surface area contributed by atoms with E-state index in [4.69, 9.17) is 4.74 Å². The molecule has 0 aliphatic rings. The monoisotopic (exact) mass is 271 g/mol. The molecule has 0 saturated heterocycles. The highest BCUT2D eigenvalue weighted by atomic mass is 32.2. The summed E-state index contributed by atoms with van der Waals surface area (Å²) in [5, 5.41) is 2.91. The van der Waals surface area contributed by atoms with Crippen molar-refractivity contribution in [1.29, 1.82) is 0 Å². The first-order chi connectivity index (χ1) is 8.65. The molecule has 18 heavy (non-hydrogen) atoms. The van der Waals surface area contributed by atoms with E-state index in [-0.39, 0.29) is 0 Å². The zero-order valence-corrected chi connectivity index (χ0v) is 12.4. The van der Waals surface area contributed by atoms with E-state index < -0.39 is 0 Å². The van der Waals surface area contributed by atoms with Crippen LogP contribution in [0.4, 0.5) is 11.9 Å². The van der Waals surface area contributed by atoms with Gasteiger partial charge in [0.2, 0.25) is 11.9 Å². The number of anilines is 2. The van der Waals surface area contributed by atoms with Crippen molar-refractivity contribution in [3.8, 4) is 6.01 Å². The van der Waals surface area contributed by atoms with E-state index in [1.165, 1.54) is 0 Å². The molecule has 0 fully saturated rings. The van der Waals surface area contributed by atoms with Crippen molar-refractivity contribution < 1.29 is 4.74 Å². The fraction of sp³-hybridized carbons (Fsp3) is 0.727. The molecule has 0 spiro atoms. The van der Waals surface area contributed by atoms with Crippen LogP contribution in [0.5, 0.6) is 6.01 Å². The highest BCUT2D eigenvalue weighted by Gasteiger charge is 2.17. The molecule has 0 aromatic carbocycles. The molecule has 1 rings (SSSR count). The molecule has 6 nitrogen and oxygen atoms in total. The molecule has 0 aliphatic heterocycles. The number of methoxy groups -OCH3 is 1. The van der Waals surface area contributed by atoms with Crippen molar-refractivity contribution in [1.82, 2.24) is 15.0 Å². The van der Waals surface area contributed by atoms with Gasteiger partial charge >= 0.3 is 6.01 Å². The van der Waals surface area contributed by atoms with Crippen LogP contribution in [0.25, 0.3) is 0 Å². The maximum absolute atomic E-state index is 5.09. The van der Waals surface area contributed by atoms with Crippen molar-refractivity contribution in [2.24, 2.45) is 0 Å². The quantitative estimate of drug-likeness (QED) is 0.806. The second-order valence-electron chi connectivity index (χ2n) is 3.82. The van der Waals surface area contributed by atoms with Gasteiger partial charge in [-0.3, -0.25) is 0 Å². The summed E-state index contributed by atoms with van der Waals surface area (Å²) in [4.78, 5) is 14.8. The van der Waals surface area contributed by atoms with E-state index in [1.54, 1.807) is 14.2 Å². The number of rotatable bonds is 7. The normalized spacial score (nSPS) is 12.1. The van der Waals surface area contributed by atoms with Gasteiger partial charge in [-0.2, -0.15) is 26.7 Å². The number of hydrogen-bond donors (Lipinski definition) is 1. The predicted molar refractivity (Wildman–Crippen MR) is 76.8 cm³/mol. The minimum absolute atomic E-state index is 0.329. The maximum atomic E-state index is 5.09. The number of aromatic nitrogens is 3. The van der Waals surface area contributed by atoms with Crippen LogP contribution in [0.1, 0.15) is 13.3 Å². The van der Waals surface area contributed by atoms with Crippen molar-refractivity contribution in [2.75, 3.05) is 43.4 Å². The Morgan fingerprint density at radius 3 is 2.61 bits per heavy atom. The van der Waals surface area contributed by atoms with Gasteiger partial charge < -0.3 is 15.0 Å². The number of nitrogens with zero attached hydrogens (tertiary/aromatic N) is 4. The molecule has 0 saturated carbocycles. The van der Waals surface area contributed by atoms with Gasteiger partial charge in [0.15, 0.2) is 0 Å². The number of ether oxygens (including phenoxy) is 1. The Balaban J connectivity index is 2.98. The van der Waals surface area contributed by atoms with Gasteiger partial charge in [0, 0.05) is 25.9 Å². The third-order valence-electron chi connectivity index (χ3n) is 2.70. The second-order valence-corrected chi connectivity index (χ2v) is 4.73. The summed E-state index contributed by atoms with van der Waals surface area (Å²) in [5.41, 5.74) is 0. The highest BCUT2D eigenvalue weighted by molar-refractivity contribution is 7.98. The Morgan fingerprint density at radius 1 is 1.39 bits per heavy atom. The Morgan fingerprint density at radius 2 is 2.11 bits per heavy atom. The summed E-state index contributed by atoms with van der Waals surface area (Å²) in [5.74, 6) is 2.19. The fourth-order valence-electron chi connectivity index (χ4n) is 1.57. The third-order valence-corrected chi connectivity index (χ3v) is 3.42. The number of hydrogen-bond acceptors (Lipinski definition) is 7. The molecule has 1 N–H and O–H groups in total. The summed E-state index contributed by atoms with van der Waals surface area (Å²) < 4.78 is 5.09. The summed E-state index contributed by atoms with van der Waals surface area (Å²) in [6, 6.07) is 0.729. The SMILES string of the molecule is CCC(CSC)N(C)c1nc(NC)nc(OC)n1. The van der Waals surface area contributed by atoms with Gasteiger partial charge in [-0.25, -0.2) is 0 Å². The molecule has 1 heterocycles. The first kappa shape index (κ1) is 14.8. The standard InChI is InChI=1S/C11H21N5OS/c1-6-8(7-18-5)16(3)10-13-9(12-2)14-11(15-10)17-4/h8H,6-7H2,1-5H3,(H,12,13,14,15). The lowest BCUT2D eigenvalue weighted by Crippen LogP contribution is -2.34. The molecule has 0 bridgehead atoms. The molecule has 1 aromatic rings. The second kappa shape index (κ2) is 7.25. The molecule has 1 atom stereocenters. The zero-order chi connectivity index (χ0) is 13.5. The van der Waals surface area contributed by atoms with E-state index >= 15 is 0 Å². The first-order valence-electron chi connectivity index (χ1n) is 5.85. The van der Waals surface area contributed by atoms with Gasteiger partial charge in [0.05, 0.1) is 7.11 Å². The average molecular weight is 271 g/mol. The smallest absolute Gasteiger partial charge is 0.322 e. The average Bonchev–Trinajstić information content (AvgIpc) is 2.43. The van der Waals surface area contributed by atoms with Crippen LogP contribution in [0.15, 0.2) is 0 Å². The number of thioether (sulfide) groups is 1. The van der Waals surface area contributed by atoms with E-state index in [9.17, 15) is 0 Å². The van der Waals surface area contributed by atoms with Crippen molar-refractivity contribution in [3.05, 3.63) is 0 Å². The van der Waals surface area contributed by atoms with E-state index in [0.29, 0.717) is 23.9 Å². The van der Waals surface area contributed by atoms with Crippen molar-refractivity contribution in [3.63, 3.8) is 0 Å². The minimum Gasteiger partial charge on any atom is -0.467 e. The Labute approximate surface area is 113 Å². The molecule has 0 amide bonds. The zero-order valence-electron chi connectivity index (χ0n) is 11.6. The lowest BCUT2D eigenvalue weighted by atomic mass is 10.2. The molecule has 102 valence electrons. The maximum Gasteiger partial charge on any atom is 0.322 e. The largest absolute Gasteiger partial charge is 0.467 e. The molecule has 0 radical (unpaired) electrons. The van der Waals surface area contributed by atoms with E-state index in [0.717, 1.165) is 12.2 Å². The summed E-state index contributed by atoms with van der Waals surface area (Å²) in [6.45, 7) is 2.16. The van der Waals surface area contributed by atoms with Gasteiger partial charge in [0.1, 0.15) is 0 Å². The summed E-state index contributed by atoms with van der Waals surface area (Å²) >= 11 is 1.82. The van der Waals surface area contributed by atoms with Crippen LogP contribution in [-0.2, 0) is 0 Å². The Bertz CT molecular complexity index is 354. The van der Waals surface area contributed by atoms with Gasteiger partial charge in [-0.15, -0.1) is 0 Å². The predicted octanol–water partition coefficient (Wildman–Crippen LogP) is 1.50.